The Morgan fingerprint density at radius 1 is 0.762 bits per heavy atom. The molecule has 0 aliphatic carbocycles. The number of nitrogens with one attached hydrogen (secondary N) is 1. The molecule has 0 bridgehead atoms. The van der Waals surface area contributed by atoms with Crippen molar-refractivity contribution in [2.24, 2.45) is 0 Å². The predicted octanol–water partition coefficient (Wildman–Crippen LogP) is 3.83. The third kappa shape index (κ3) is 3.04. The van der Waals surface area contributed by atoms with Crippen molar-refractivity contribution in [3.05, 3.63) is 66.7 Å². The van der Waals surface area contributed by atoms with Crippen molar-refractivity contribution in [2.45, 2.75) is 4.90 Å². The minimum absolute atomic E-state index is 0.119. The van der Waals surface area contributed by atoms with Gasteiger partial charge in [0.2, 0.25) is 0 Å². The Hall–Kier alpha value is -2.37. The monoisotopic (exact) mass is 299 g/mol. The van der Waals surface area contributed by atoms with E-state index in [2.05, 4.69) is 5.32 Å². The van der Waals surface area contributed by atoms with Crippen LogP contribution in [0.25, 0.3) is 10.8 Å². The lowest BCUT2D eigenvalue weighted by Crippen LogP contribution is -1.98. The van der Waals surface area contributed by atoms with Crippen LogP contribution in [-0.2, 0) is 10.1 Å². The molecule has 5 heteroatoms. The Labute approximate surface area is 122 Å². The van der Waals surface area contributed by atoms with E-state index in [1.54, 1.807) is 12.1 Å². The van der Waals surface area contributed by atoms with Crippen LogP contribution in [0, 0.1) is 0 Å². The van der Waals surface area contributed by atoms with Gasteiger partial charge in [-0.2, -0.15) is 8.42 Å². The van der Waals surface area contributed by atoms with Gasteiger partial charge < -0.3 is 5.32 Å². The summed E-state index contributed by atoms with van der Waals surface area (Å²) in [5.74, 6) is 0. The van der Waals surface area contributed by atoms with Crippen LogP contribution in [0.3, 0.4) is 0 Å². The number of hydrogen-bond acceptors (Lipinski definition) is 3. The molecule has 4 nitrogen and oxygen atoms in total. The molecule has 0 saturated carbocycles. The fourth-order valence-corrected chi connectivity index (χ4v) is 2.62. The van der Waals surface area contributed by atoms with Gasteiger partial charge in [0.15, 0.2) is 0 Å². The summed E-state index contributed by atoms with van der Waals surface area (Å²) >= 11 is 0. The maximum absolute atomic E-state index is 11.0. The summed E-state index contributed by atoms with van der Waals surface area (Å²) in [6.07, 6.45) is 0. The average molecular weight is 299 g/mol. The summed E-state index contributed by atoms with van der Waals surface area (Å²) in [5.41, 5.74) is 1.66. The van der Waals surface area contributed by atoms with Gasteiger partial charge >= 0.3 is 0 Å². The largest absolute Gasteiger partial charge is 0.356 e. The Bertz CT molecular complexity index is 887. The second-order valence-corrected chi connectivity index (χ2v) is 6.11. The molecule has 0 aliphatic heterocycles. The SMILES string of the molecule is O=S(=O)(O)c1ccc(Nc2ccc3ccccc3c2)cc1. The summed E-state index contributed by atoms with van der Waals surface area (Å²) < 4.78 is 30.9. The molecule has 106 valence electrons. The number of hydrogen-bond donors (Lipinski definition) is 2. The van der Waals surface area contributed by atoms with Gasteiger partial charge in [-0.15, -0.1) is 0 Å². The van der Waals surface area contributed by atoms with Crippen molar-refractivity contribution in [2.75, 3.05) is 5.32 Å². The molecule has 0 amide bonds. The van der Waals surface area contributed by atoms with E-state index in [-0.39, 0.29) is 4.90 Å². The standard InChI is InChI=1S/C16H13NO3S/c18-21(19,20)16-9-7-14(8-10-16)17-15-6-5-12-3-1-2-4-13(12)11-15/h1-11,17H,(H,18,19,20). The van der Waals surface area contributed by atoms with E-state index in [1.807, 2.05) is 42.5 Å². The van der Waals surface area contributed by atoms with Crippen molar-refractivity contribution in [1.29, 1.82) is 0 Å². The molecule has 0 aliphatic rings. The summed E-state index contributed by atoms with van der Waals surface area (Å²) in [6, 6.07) is 20.0. The highest BCUT2D eigenvalue weighted by molar-refractivity contribution is 7.85. The van der Waals surface area contributed by atoms with Crippen LogP contribution in [0.4, 0.5) is 11.4 Å². The lowest BCUT2D eigenvalue weighted by atomic mass is 10.1. The van der Waals surface area contributed by atoms with Crippen LogP contribution in [0.15, 0.2) is 71.6 Å². The molecule has 2 N–H and O–H groups in total. The summed E-state index contributed by atoms with van der Waals surface area (Å²) in [4.78, 5) is -0.119. The van der Waals surface area contributed by atoms with Crippen molar-refractivity contribution in [1.82, 2.24) is 0 Å². The van der Waals surface area contributed by atoms with Gasteiger partial charge in [0, 0.05) is 11.4 Å². The quantitative estimate of drug-likeness (QED) is 0.721. The van der Waals surface area contributed by atoms with Crippen LogP contribution >= 0.6 is 0 Å². The van der Waals surface area contributed by atoms with E-state index < -0.39 is 10.1 Å². The van der Waals surface area contributed by atoms with Crippen LogP contribution in [-0.4, -0.2) is 13.0 Å². The zero-order valence-corrected chi connectivity index (χ0v) is 11.8. The number of fused-ring (bicyclic) bond motifs is 1. The molecule has 21 heavy (non-hydrogen) atoms. The molecule has 0 aromatic heterocycles. The molecule has 0 saturated heterocycles. The van der Waals surface area contributed by atoms with Gasteiger partial charge in [-0.3, -0.25) is 4.55 Å². The first-order chi connectivity index (χ1) is 10.0. The van der Waals surface area contributed by atoms with Crippen LogP contribution in [0.5, 0.6) is 0 Å². The van der Waals surface area contributed by atoms with Crippen molar-refractivity contribution < 1.29 is 13.0 Å². The Morgan fingerprint density at radius 3 is 2.05 bits per heavy atom. The smallest absolute Gasteiger partial charge is 0.294 e. The molecular formula is C16H13NO3S. The summed E-state index contributed by atoms with van der Waals surface area (Å²) in [7, 11) is -4.15. The van der Waals surface area contributed by atoms with Gasteiger partial charge in [0.05, 0.1) is 4.90 Å². The Balaban J connectivity index is 1.88. The number of rotatable bonds is 3. The second-order valence-electron chi connectivity index (χ2n) is 4.69. The lowest BCUT2D eigenvalue weighted by molar-refractivity contribution is 0.483. The zero-order chi connectivity index (χ0) is 14.9. The molecule has 0 radical (unpaired) electrons. The third-order valence-corrected chi connectivity index (χ3v) is 4.06. The lowest BCUT2D eigenvalue weighted by Gasteiger charge is -2.08. The molecule has 3 rings (SSSR count). The van der Waals surface area contributed by atoms with Gasteiger partial charge in [-0.1, -0.05) is 30.3 Å². The van der Waals surface area contributed by atoms with Crippen LogP contribution in [0.1, 0.15) is 0 Å². The average Bonchev–Trinajstić information content (AvgIpc) is 2.47. The van der Waals surface area contributed by atoms with Gasteiger partial charge in [-0.25, -0.2) is 0 Å². The predicted molar refractivity (Wildman–Crippen MR) is 83.5 cm³/mol. The summed E-state index contributed by atoms with van der Waals surface area (Å²) in [5, 5.41) is 5.48. The fourth-order valence-electron chi connectivity index (χ4n) is 2.14. The zero-order valence-electron chi connectivity index (χ0n) is 11.0. The Morgan fingerprint density at radius 2 is 1.38 bits per heavy atom. The topological polar surface area (TPSA) is 66.4 Å². The van der Waals surface area contributed by atoms with E-state index in [4.69, 9.17) is 4.55 Å². The van der Waals surface area contributed by atoms with E-state index in [0.717, 1.165) is 22.1 Å². The second kappa shape index (κ2) is 5.20. The first-order valence-electron chi connectivity index (χ1n) is 6.36. The molecular weight excluding hydrogens is 286 g/mol. The molecule has 3 aromatic carbocycles. The van der Waals surface area contributed by atoms with Crippen molar-refractivity contribution in [3.8, 4) is 0 Å². The highest BCUT2D eigenvalue weighted by Crippen LogP contribution is 2.23. The van der Waals surface area contributed by atoms with E-state index in [0.29, 0.717) is 0 Å². The normalized spacial score (nSPS) is 11.5. The Kier molecular flexibility index (Phi) is 3.37. The molecule has 0 atom stereocenters. The highest BCUT2D eigenvalue weighted by atomic mass is 32.2. The van der Waals surface area contributed by atoms with E-state index in [1.165, 1.54) is 12.1 Å². The highest BCUT2D eigenvalue weighted by Gasteiger charge is 2.08. The van der Waals surface area contributed by atoms with Crippen molar-refractivity contribution in [3.63, 3.8) is 0 Å². The minimum Gasteiger partial charge on any atom is -0.356 e. The van der Waals surface area contributed by atoms with Gasteiger partial charge in [0.1, 0.15) is 0 Å². The van der Waals surface area contributed by atoms with E-state index in [9.17, 15) is 8.42 Å². The molecule has 0 heterocycles. The van der Waals surface area contributed by atoms with Crippen LogP contribution in [0.2, 0.25) is 0 Å². The first-order valence-corrected chi connectivity index (χ1v) is 7.80. The maximum Gasteiger partial charge on any atom is 0.294 e. The molecule has 0 spiro atoms. The van der Waals surface area contributed by atoms with Gasteiger partial charge in [-0.05, 0) is 47.2 Å². The maximum atomic E-state index is 11.0. The summed E-state index contributed by atoms with van der Waals surface area (Å²) in [6.45, 7) is 0. The van der Waals surface area contributed by atoms with Crippen molar-refractivity contribution >= 4 is 32.3 Å². The third-order valence-electron chi connectivity index (χ3n) is 3.19. The first kappa shape index (κ1) is 13.6. The molecule has 0 unspecified atom stereocenters. The minimum atomic E-state index is -4.15. The number of benzene rings is 3. The van der Waals surface area contributed by atoms with Crippen LogP contribution < -0.4 is 5.32 Å². The molecule has 0 fully saturated rings. The number of anilines is 2. The fraction of sp³-hybridized carbons (Fsp3) is 0. The molecule has 3 aromatic rings. The van der Waals surface area contributed by atoms with E-state index >= 15 is 0 Å². The van der Waals surface area contributed by atoms with Gasteiger partial charge in [0.25, 0.3) is 10.1 Å².